The van der Waals surface area contributed by atoms with Gasteiger partial charge in [0, 0.05) is 17.8 Å². The molecule has 0 unspecified atom stereocenters. The lowest BCUT2D eigenvalue weighted by Gasteiger charge is -2.27. The van der Waals surface area contributed by atoms with Crippen molar-refractivity contribution in [1.82, 2.24) is 14.5 Å². The van der Waals surface area contributed by atoms with Crippen LogP contribution >= 0.6 is 0 Å². The number of nitrogens with zero attached hydrogens (tertiary/aromatic N) is 3. The molecular weight excluding hydrogens is 348 g/mol. The Hall–Kier alpha value is -3.60. The van der Waals surface area contributed by atoms with Crippen molar-refractivity contribution in [3.8, 4) is 0 Å². The van der Waals surface area contributed by atoms with Crippen LogP contribution in [0, 0.1) is 0 Å². The molecule has 4 aromatic rings. The van der Waals surface area contributed by atoms with E-state index in [2.05, 4.69) is 46.1 Å². The second-order valence-corrected chi connectivity index (χ2v) is 7.04. The van der Waals surface area contributed by atoms with Crippen LogP contribution < -0.4 is 10.6 Å². The number of anilines is 1. The molecule has 0 aliphatic carbocycles. The fraction of sp³-hybridized carbons (Fsp3) is 0.130. The number of hydrogen-bond acceptors (Lipinski definition) is 3. The molecule has 1 N–H and O–H groups in total. The summed E-state index contributed by atoms with van der Waals surface area (Å²) in [4.78, 5) is 22.4. The fourth-order valence-corrected chi connectivity index (χ4v) is 3.97. The average Bonchev–Trinajstić information content (AvgIpc) is 3.08. The number of fused-ring (bicyclic) bond motifs is 2. The molecule has 0 saturated carbocycles. The van der Waals surface area contributed by atoms with Crippen molar-refractivity contribution in [3.63, 3.8) is 0 Å². The predicted molar refractivity (Wildman–Crippen MR) is 112 cm³/mol. The maximum absolute atomic E-state index is 12.7. The van der Waals surface area contributed by atoms with Crippen molar-refractivity contribution in [3.05, 3.63) is 100 Å². The Morgan fingerprint density at radius 2 is 1.89 bits per heavy atom. The number of aromatic amines is 1. The van der Waals surface area contributed by atoms with Gasteiger partial charge in [0.15, 0.2) is 0 Å². The standard InChI is InChI=1S/C23H20N4O/c1-16(17-7-3-2-4-8-17)27-22-15-26(14-12-20(22)25-23(27)28)21-11-5-10-19-18(21)9-6-13-24-19/h2-14,16H,15H2,1H3,(H,25,28)/t16-/m0/s1. The fourth-order valence-electron chi connectivity index (χ4n) is 3.97. The van der Waals surface area contributed by atoms with Crippen molar-refractivity contribution < 1.29 is 0 Å². The number of rotatable bonds is 3. The smallest absolute Gasteiger partial charge is 0.326 e. The lowest BCUT2D eigenvalue weighted by atomic mass is 10.1. The maximum atomic E-state index is 12.7. The predicted octanol–water partition coefficient (Wildman–Crippen LogP) is 4.32. The number of aromatic nitrogens is 3. The molecule has 5 heteroatoms. The highest BCUT2D eigenvalue weighted by molar-refractivity contribution is 5.92. The van der Waals surface area contributed by atoms with Crippen LogP contribution in [0.1, 0.15) is 29.9 Å². The monoisotopic (exact) mass is 368 g/mol. The quantitative estimate of drug-likeness (QED) is 0.586. The van der Waals surface area contributed by atoms with E-state index in [1.54, 1.807) is 0 Å². The maximum Gasteiger partial charge on any atom is 0.326 e. The minimum absolute atomic E-state index is 0.0452. The number of hydrogen-bond donors (Lipinski definition) is 1. The third-order valence-corrected chi connectivity index (χ3v) is 5.40. The molecule has 5 nitrogen and oxygen atoms in total. The molecule has 5 rings (SSSR count). The lowest BCUT2D eigenvalue weighted by molar-refractivity contribution is 0.586. The number of nitrogens with one attached hydrogen (secondary N) is 1. The third kappa shape index (κ3) is 2.63. The summed E-state index contributed by atoms with van der Waals surface area (Å²) >= 11 is 0. The molecule has 1 aliphatic heterocycles. The number of H-pyrrole nitrogens is 1. The summed E-state index contributed by atoms with van der Waals surface area (Å²) in [6.07, 6.45) is 5.81. The Kier molecular flexibility index (Phi) is 3.86. The summed E-state index contributed by atoms with van der Waals surface area (Å²) in [7, 11) is 0. The molecular formula is C23H20N4O. The SMILES string of the molecule is C[C@@H](c1ccccc1)n1c2c([nH]c1=O)C=CN(c1cccc3ncccc13)C2. The van der Waals surface area contributed by atoms with Crippen LogP contribution in [-0.4, -0.2) is 14.5 Å². The highest BCUT2D eigenvalue weighted by Gasteiger charge is 2.23. The molecule has 0 radical (unpaired) electrons. The van der Waals surface area contributed by atoms with E-state index >= 15 is 0 Å². The van der Waals surface area contributed by atoms with Gasteiger partial charge in [0.1, 0.15) is 0 Å². The van der Waals surface area contributed by atoms with Gasteiger partial charge in [-0.15, -0.1) is 0 Å². The third-order valence-electron chi connectivity index (χ3n) is 5.40. The molecule has 1 aliphatic rings. The Morgan fingerprint density at radius 1 is 1.04 bits per heavy atom. The summed E-state index contributed by atoms with van der Waals surface area (Å²) in [5.74, 6) is 0. The Balaban J connectivity index is 1.58. The van der Waals surface area contributed by atoms with Crippen molar-refractivity contribution in [2.24, 2.45) is 0 Å². The Labute approximate surface area is 162 Å². The number of pyridine rings is 1. The Bertz CT molecular complexity index is 1230. The highest BCUT2D eigenvalue weighted by atomic mass is 16.1. The van der Waals surface area contributed by atoms with Gasteiger partial charge in [0.25, 0.3) is 0 Å². The molecule has 138 valence electrons. The van der Waals surface area contributed by atoms with E-state index in [1.807, 2.05) is 59.4 Å². The minimum atomic E-state index is -0.0764. The van der Waals surface area contributed by atoms with Crippen molar-refractivity contribution >= 4 is 22.7 Å². The van der Waals surface area contributed by atoms with E-state index in [-0.39, 0.29) is 11.7 Å². The zero-order valence-electron chi connectivity index (χ0n) is 15.5. The van der Waals surface area contributed by atoms with Crippen molar-refractivity contribution in [1.29, 1.82) is 0 Å². The molecule has 0 amide bonds. The zero-order valence-corrected chi connectivity index (χ0v) is 15.5. The van der Waals surface area contributed by atoms with E-state index in [1.165, 1.54) is 0 Å². The summed E-state index contributed by atoms with van der Waals surface area (Å²) < 4.78 is 1.87. The molecule has 0 spiro atoms. The second-order valence-electron chi connectivity index (χ2n) is 7.04. The van der Waals surface area contributed by atoms with Gasteiger partial charge in [-0.1, -0.05) is 36.4 Å². The Morgan fingerprint density at radius 3 is 2.75 bits per heavy atom. The van der Waals surface area contributed by atoms with E-state index < -0.39 is 0 Å². The lowest BCUT2D eigenvalue weighted by Crippen LogP contribution is -2.27. The first kappa shape index (κ1) is 16.6. The topological polar surface area (TPSA) is 53.9 Å². The molecule has 2 aromatic heterocycles. The van der Waals surface area contributed by atoms with Crippen LogP contribution in [0.5, 0.6) is 0 Å². The first-order valence-electron chi connectivity index (χ1n) is 9.39. The van der Waals surface area contributed by atoms with Gasteiger partial charge in [0.2, 0.25) is 0 Å². The van der Waals surface area contributed by atoms with E-state index in [0.29, 0.717) is 6.54 Å². The minimum Gasteiger partial charge on any atom is -0.341 e. The van der Waals surface area contributed by atoms with Crippen LogP contribution in [0.2, 0.25) is 0 Å². The number of imidazole rings is 1. The molecule has 0 saturated heterocycles. The van der Waals surface area contributed by atoms with E-state index in [4.69, 9.17) is 0 Å². The molecule has 1 atom stereocenters. The molecule has 28 heavy (non-hydrogen) atoms. The molecule has 2 aromatic carbocycles. The zero-order chi connectivity index (χ0) is 19.1. The van der Waals surface area contributed by atoms with E-state index in [9.17, 15) is 4.79 Å². The summed E-state index contributed by atoms with van der Waals surface area (Å²) in [6.45, 7) is 2.69. The van der Waals surface area contributed by atoms with Crippen molar-refractivity contribution in [2.75, 3.05) is 4.90 Å². The summed E-state index contributed by atoms with van der Waals surface area (Å²) in [5.41, 5.74) is 4.95. The summed E-state index contributed by atoms with van der Waals surface area (Å²) in [5, 5.41) is 1.10. The van der Waals surface area contributed by atoms with E-state index in [0.717, 1.165) is 33.5 Å². The van der Waals surface area contributed by atoms with Crippen LogP contribution in [0.25, 0.3) is 17.0 Å². The normalized spacial score (nSPS) is 14.2. The van der Waals surface area contributed by atoms with Crippen LogP contribution in [0.15, 0.2) is 77.9 Å². The van der Waals surface area contributed by atoms with Gasteiger partial charge in [-0.25, -0.2) is 4.79 Å². The van der Waals surface area contributed by atoms with Gasteiger partial charge in [0.05, 0.1) is 35.2 Å². The largest absolute Gasteiger partial charge is 0.341 e. The highest BCUT2D eigenvalue weighted by Crippen LogP contribution is 2.31. The van der Waals surface area contributed by atoms with Crippen LogP contribution in [0.4, 0.5) is 5.69 Å². The average molecular weight is 368 g/mol. The van der Waals surface area contributed by atoms with Crippen LogP contribution in [0.3, 0.4) is 0 Å². The summed E-state index contributed by atoms with van der Waals surface area (Å²) in [6, 6.07) is 20.2. The first-order chi connectivity index (χ1) is 13.7. The number of benzene rings is 2. The molecule has 0 bridgehead atoms. The van der Waals surface area contributed by atoms with Gasteiger partial charge >= 0.3 is 5.69 Å². The van der Waals surface area contributed by atoms with Gasteiger partial charge in [-0.2, -0.15) is 0 Å². The van der Waals surface area contributed by atoms with Crippen LogP contribution in [-0.2, 0) is 6.54 Å². The van der Waals surface area contributed by atoms with Gasteiger partial charge in [-0.05, 0) is 42.8 Å². The molecule has 3 heterocycles. The molecule has 0 fully saturated rings. The first-order valence-corrected chi connectivity index (χ1v) is 9.39. The second kappa shape index (κ2) is 6.53. The van der Waals surface area contributed by atoms with Gasteiger partial charge < -0.3 is 9.88 Å². The van der Waals surface area contributed by atoms with Gasteiger partial charge in [-0.3, -0.25) is 9.55 Å². The van der Waals surface area contributed by atoms with Crippen molar-refractivity contribution in [2.45, 2.75) is 19.5 Å².